The summed E-state index contributed by atoms with van der Waals surface area (Å²) in [4.78, 5) is 49.6. The summed E-state index contributed by atoms with van der Waals surface area (Å²) in [6, 6.07) is 20.5. The second-order valence-corrected chi connectivity index (χ2v) is 8.58. The van der Waals surface area contributed by atoms with Crippen molar-refractivity contribution in [3.05, 3.63) is 83.9 Å². The number of rotatable bonds is 13. The number of nitrogens with one attached hydrogen (secondary N) is 3. The summed E-state index contributed by atoms with van der Waals surface area (Å²) in [6.07, 6.45) is -0.0996. The number of aliphatic carboxylic acids is 1. The van der Waals surface area contributed by atoms with Crippen molar-refractivity contribution in [2.75, 3.05) is 13.7 Å². The summed E-state index contributed by atoms with van der Waals surface area (Å²) in [5, 5.41) is 19.1. The van der Waals surface area contributed by atoms with Crippen molar-refractivity contribution < 1.29 is 29.0 Å². The number of benzene rings is 3. The van der Waals surface area contributed by atoms with Crippen molar-refractivity contribution >= 4 is 34.5 Å². The van der Waals surface area contributed by atoms with E-state index in [0.29, 0.717) is 6.42 Å². The first kappa shape index (κ1) is 27.3. The molecule has 3 aromatic carbocycles. The van der Waals surface area contributed by atoms with Crippen molar-refractivity contribution in [3.63, 3.8) is 0 Å². The highest BCUT2D eigenvalue weighted by atomic mass is 16.5. The van der Waals surface area contributed by atoms with Crippen LogP contribution in [0.15, 0.2) is 72.8 Å². The van der Waals surface area contributed by atoms with Gasteiger partial charge in [-0.15, -0.1) is 0 Å². The third-order valence-electron chi connectivity index (χ3n) is 5.81. The van der Waals surface area contributed by atoms with E-state index >= 15 is 0 Å². The second-order valence-electron chi connectivity index (χ2n) is 8.58. The quantitative estimate of drug-likeness (QED) is 0.281. The van der Waals surface area contributed by atoms with E-state index in [4.69, 9.17) is 4.74 Å². The van der Waals surface area contributed by atoms with E-state index in [-0.39, 0.29) is 19.6 Å². The van der Waals surface area contributed by atoms with Gasteiger partial charge in [-0.25, -0.2) is 0 Å². The van der Waals surface area contributed by atoms with Gasteiger partial charge in [0.1, 0.15) is 12.1 Å². The second kappa shape index (κ2) is 13.7. The number of carbonyl (C=O) groups is 4. The van der Waals surface area contributed by atoms with Crippen LogP contribution in [0.3, 0.4) is 0 Å². The molecule has 0 aliphatic rings. The summed E-state index contributed by atoms with van der Waals surface area (Å²) in [5.74, 6) is -2.99. The fraction of sp³-hybridized carbons (Fsp3) is 0.286. The summed E-state index contributed by atoms with van der Waals surface area (Å²) in [5.41, 5.74) is 1.85. The molecule has 9 nitrogen and oxygen atoms in total. The number of amides is 3. The zero-order chi connectivity index (χ0) is 26.6. The van der Waals surface area contributed by atoms with E-state index in [1.807, 2.05) is 72.8 Å². The fourth-order valence-electron chi connectivity index (χ4n) is 3.93. The highest BCUT2D eigenvalue weighted by Crippen LogP contribution is 2.18. The van der Waals surface area contributed by atoms with Gasteiger partial charge in [-0.05, 0) is 28.3 Å². The van der Waals surface area contributed by atoms with Gasteiger partial charge in [0.15, 0.2) is 0 Å². The molecule has 0 heterocycles. The Morgan fingerprint density at radius 3 is 2.27 bits per heavy atom. The molecule has 0 fully saturated rings. The summed E-state index contributed by atoms with van der Waals surface area (Å²) in [6.45, 7) is 0.0971. The van der Waals surface area contributed by atoms with E-state index in [9.17, 15) is 24.3 Å². The van der Waals surface area contributed by atoms with Gasteiger partial charge >= 0.3 is 5.97 Å². The number of fused-ring (bicyclic) bond motifs is 1. The van der Waals surface area contributed by atoms with Crippen LogP contribution >= 0.6 is 0 Å². The van der Waals surface area contributed by atoms with Crippen molar-refractivity contribution in [2.24, 2.45) is 0 Å². The minimum Gasteiger partial charge on any atom is -0.481 e. The Hall–Kier alpha value is -4.24. The monoisotopic (exact) mass is 505 g/mol. The van der Waals surface area contributed by atoms with Gasteiger partial charge in [0, 0.05) is 20.1 Å². The molecule has 0 aromatic heterocycles. The van der Waals surface area contributed by atoms with E-state index in [1.165, 1.54) is 7.11 Å². The number of hydrogen-bond acceptors (Lipinski definition) is 5. The lowest BCUT2D eigenvalue weighted by atomic mass is 10.0. The molecule has 9 heteroatoms. The van der Waals surface area contributed by atoms with Gasteiger partial charge in [0.25, 0.3) is 0 Å². The van der Waals surface area contributed by atoms with Gasteiger partial charge in [-0.1, -0.05) is 72.8 Å². The van der Waals surface area contributed by atoms with Gasteiger partial charge in [-0.2, -0.15) is 0 Å². The topological polar surface area (TPSA) is 134 Å². The maximum absolute atomic E-state index is 12.9. The number of ether oxygens (including phenoxy) is 1. The van der Waals surface area contributed by atoms with Crippen molar-refractivity contribution in [3.8, 4) is 0 Å². The normalized spacial score (nSPS) is 12.4. The molecule has 2 atom stereocenters. The Balaban J connectivity index is 1.61. The molecule has 4 N–H and O–H groups in total. The predicted molar refractivity (Wildman–Crippen MR) is 139 cm³/mol. The lowest BCUT2D eigenvalue weighted by Gasteiger charge is -2.22. The average molecular weight is 506 g/mol. The lowest BCUT2D eigenvalue weighted by molar-refractivity contribution is -0.141. The van der Waals surface area contributed by atoms with Gasteiger partial charge in [0.2, 0.25) is 17.7 Å². The SMILES string of the molecule is COC[C@H](NC(=O)[C@H](CC(=O)O)NC(=O)CCc1ccccc1)C(=O)NCc1cccc2ccccc12. The first-order valence-electron chi connectivity index (χ1n) is 12.0. The van der Waals surface area contributed by atoms with Crippen molar-refractivity contribution in [1.82, 2.24) is 16.0 Å². The minimum atomic E-state index is -1.34. The Morgan fingerprint density at radius 2 is 1.54 bits per heavy atom. The average Bonchev–Trinajstić information content (AvgIpc) is 2.90. The number of carboxylic acid groups (broad SMARTS) is 1. The molecule has 0 unspecified atom stereocenters. The molecule has 3 rings (SSSR count). The third kappa shape index (κ3) is 8.43. The van der Waals surface area contributed by atoms with Crippen LogP contribution in [0, 0.1) is 0 Å². The van der Waals surface area contributed by atoms with Crippen LogP contribution in [0.2, 0.25) is 0 Å². The molecule has 37 heavy (non-hydrogen) atoms. The minimum absolute atomic E-state index is 0.0838. The third-order valence-corrected chi connectivity index (χ3v) is 5.81. The first-order chi connectivity index (χ1) is 17.9. The van der Waals surface area contributed by atoms with Crippen LogP contribution in [-0.4, -0.2) is 54.6 Å². The van der Waals surface area contributed by atoms with Crippen molar-refractivity contribution in [2.45, 2.75) is 37.9 Å². The van der Waals surface area contributed by atoms with E-state index < -0.39 is 42.2 Å². The molecular formula is C28H31N3O6. The molecule has 3 aromatic rings. The maximum Gasteiger partial charge on any atom is 0.305 e. The van der Waals surface area contributed by atoms with Gasteiger partial charge in [-0.3, -0.25) is 19.2 Å². The van der Waals surface area contributed by atoms with E-state index in [0.717, 1.165) is 21.9 Å². The molecule has 0 radical (unpaired) electrons. The molecule has 0 bridgehead atoms. The van der Waals surface area contributed by atoms with Crippen LogP contribution in [-0.2, 0) is 36.9 Å². The molecule has 0 spiro atoms. The zero-order valence-corrected chi connectivity index (χ0v) is 20.6. The van der Waals surface area contributed by atoms with Crippen LogP contribution in [0.1, 0.15) is 24.0 Å². The number of hydrogen-bond donors (Lipinski definition) is 4. The largest absolute Gasteiger partial charge is 0.481 e. The van der Waals surface area contributed by atoms with Gasteiger partial charge < -0.3 is 25.8 Å². The predicted octanol–water partition coefficient (Wildman–Crippen LogP) is 2.18. The van der Waals surface area contributed by atoms with E-state index in [2.05, 4.69) is 16.0 Å². The van der Waals surface area contributed by atoms with Crippen molar-refractivity contribution in [1.29, 1.82) is 0 Å². The summed E-state index contributed by atoms with van der Waals surface area (Å²) >= 11 is 0. The Kier molecular flexibility index (Phi) is 10.2. The molecular weight excluding hydrogens is 474 g/mol. The Labute approximate surface area is 215 Å². The zero-order valence-electron chi connectivity index (χ0n) is 20.6. The standard InChI is InChI=1S/C28H31N3O6/c1-37-18-24(27(35)29-17-21-12-7-11-20-10-5-6-13-22(20)21)31-28(36)23(16-26(33)34)30-25(32)15-14-19-8-3-2-4-9-19/h2-13,23-24H,14-18H2,1H3,(H,29,35)(H,30,32)(H,31,36)(H,33,34)/t23-,24-/m0/s1. The van der Waals surface area contributed by atoms with Crippen LogP contribution in [0.25, 0.3) is 10.8 Å². The highest BCUT2D eigenvalue weighted by Gasteiger charge is 2.28. The van der Waals surface area contributed by atoms with Crippen LogP contribution in [0.4, 0.5) is 0 Å². The van der Waals surface area contributed by atoms with E-state index in [1.54, 1.807) is 0 Å². The molecule has 0 saturated heterocycles. The van der Waals surface area contributed by atoms with Crippen LogP contribution in [0.5, 0.6) is 0 Å². The van der Waals surface area contributed by atoms with Crippen LogP contribution < -0.4 is 16.0 Å². The fourth-order valence-corrected chi connectivity index (χ4v) is 3.93. The number of methoxy groups -OCH3 is 1. The number of carbonyl (C=O) groups excluding carboxylic acids is 3. The lowest BCUT2D eigenvalue weighted by Crippen LogP contribution is -2.55. The molecule has 194 valence electrons. The Morgan fingerprint density at radius 1 is 0.838 bits per heavy atom. The molecule has 0 aliphatic carbocycles. The first-order valence-corrected chi connectivity index (χ1v) is 12.0. The molecule has 0 aliphatic heterocycles. The molecule has 3 amide bonds. The number of aryl methyl sites for hydroxylation is 1. The summed E-state index contributed by atoms with van der Waals surface area (Å²) in [7, 11) is 1.39. The smallest absolute Gasteiger partial charge is 0.305 e. The number of carboxylic acids is 1. The highest BCUT2D eigenvalue weighted by molar-refractivity contribution is 5.94. The maximum atomic E-state index is 12.9. The van der Waals surface area contributed by atoms with Gasteiger partial charge in [0.05, 0.1) is 13.0 Å². The summed E-state index contributed by atoms with van der Waals surface area (Å²) < 4.78 is 5.10. The molecule has 0 saturated carbocycles. The Bertz CT molecular complexity index is 1230.